The summed E-state index contributed by atoms with van der Waals surface area (Å²) in [6.07, 6.45) is 2.46. The Balaban J connectivity index is 1.87. The first-order valence-corrected chi connectivity index (χ1v) is 7.03. The van der Waals surface area contributed by atoms with Gasteiger partial charge in [-0.15, -0.1) is 11.8 Å². The minimum atomic E-state index is -0.0193. The Bertz CT molecular complexity index is 432. The summed E-state index contributed by atoms with van der Waals surface area (Å²) < 4.78 is 0. The SMILES string of the molecule is Cc1ccc(SCC(C#N)NC2CC2)cc1C. The van der Waals surface area contributed by atoms with Crippen LogP contribution < -0.4 is 5.32 Å². The number of rotatable bonds is 5. The maximum Gasteiger partial charge on any atom is 0.105 e. The molecule has 1 aliphatic carbocycles. The molecule has 0 spiro atoms. The molecule has 3 heteroatoms. The summed E-state index contributed by atoms with van der Waals surface area (Å²) in [5.74, 6) is 0.829. The number of thioether (sulfide) groups is 1. The molecule has 0 radical (unpaired) electrons. The van der Waals surface area contributed by atoms with Crippen molar-refractivity contribution in [2.45, 2.75) is 43.7 Å². The third kappa shape index (κ3) is 3.76. The second kappa shape index (κ2) is 5.57. The Kier molecular flexibility index (Phi) is 4.09. The highest BCUT2D eigenvalue weighted by Gasteiger charge is 2.24. The molecule has 0 bridgehead atoms. The minimum Gasteiger partial charge on any atom is -0.298 e. The Morgan fingerprint density at radius 2 is 2.18 bits per heavy atom. The number of nitriles is 1. The van der Waals surface area contributed by atoms with Crippen molar-refractivity contribution in [2.24, 2.45) is 0 Å². The fraction of sp³-hybridized carbons (Fsp3) is 0.500. The molecule has 2 nitrogen and oxygen atoms in total. The van der Waals surface area contributed by atoms with E-state index in [4.69, 9.17) is 5.26 Å². The molecular formula is C14H18N2S. The number of hydrogen-bond donors (Lipinski definition) is 1. The van der Waals surface area contributed by atoms with Crippen LogP contribution in [0.2, 0.25) is 0 Å². The lowest BCUT2D eigenvalue weighted by Crippen LogP contribution is -2.31. The molecule has 1 atom stereocenters. The zero-order chi connectivity index (χ0) is 12.3. The average molecular weight is 246 g/mol. The molecule has 0 amide bonds. The largest absolute Gasteiger partial charge is 0.298 e. The molecule has 0 aliphatic heterocycles. The van der Waals surface area contributed by atoms with E-state index in [2.05, 4.69) is 43.4 Å². The van der Waals surface area contributed by atoms with Gasteiger partial charge < -0.3 is 0 Å². The maximum atomic E-state index is 9.05. The monoisotopic (exact) mass is 246 g/mol. The Labute approximate surface area is 107 Å². The number of benzene rings is 1. The topological polar surface area (TPSA) is 35.8 Å². The normalized spacial score (nSPS) is 16.5. The second-order valence-corrected chi connectivity index (χ2v) is 5.77. The molecule has 1 N–H and O–H groups in total. The Morgan fingerprint density at radius 1 is 1.41 bits per heavy atom. The smallest absolute Gasteiger partial charge is 0.105 e. The van der Waals surface area contributed by atoms with Crippen molar-refractivity contribution in [3.8, 4) is 6.07 Å². The van der Waals surface area contributed by atoms with E-state index >= 15 is 0 Å². The Morgan fingerprint density at radius 3 is 2.76 bits per heavy atom. The van der Waals surface area contributed by atoms with E-state index < -0.39 is 0 Å². The van der Waals surface area contributed by atoms with Gasteiger partial charge in [-0.25, -0.2) is 0 Å². The van der Waals surface area contributed by atoms with Crippen LogP contribution >= 0.6 is 11.8 Å². The molecule has 17 heavy (non-hydrogen) atoms. The van der Waals surface area contributed by atoms with Gasteiger partial charge in [-0.3, -0.25) is 5.32 Å². The van der Waals surface area contributed by atoms with Gasteiger partial charge in [0.25, 0.3) is 0 Å². The van der Waals surface area contributed by atoms with Crippen molar-refractivity contribution in [2.75, 3.05) is 5.75 Å². The molecule has 0 aromatic heterocycles. The van der Waals surface area contributed by atoms with Gasteiger partial charge in [0.05, 0.1) is 6.07 Å². The number of nitrogens with zero attached hydrogens (tertiary/aromatic N) is 1. The second-order valence-electron chi connectivity index (χ2n) is 4.68. The zero-order valence-electron chi connectivity index (χ0n) is 10.4. The lowest BCUT2D eigenvalue weighted by Gasteiger charge is -2.10. The van der Waals surface area contributed by atoms with Crippen LogP contribution in [0.3, 0.4) is 0 Å². The first-order valence-electron chi connectivity index (χ1n) is 6.05. The molecule has 1 aromatic carbocycles. The van der Waals surface area contributed by atoms with Crippen LogP contribution in [0.15, 0.2) is 23.1 Å². The number of nitrogens with one attached hydrogen (secondary N) is 1. The minimum absolute atomic E-state index is 0.0193. The summed E-state index contributed by atoms with van der Waals surface area (Å²) in [5.41, 5.74) is 2.64. The standard InChI is InChI=1S/C14H18N2S/c1-10-3-6-14(7-11(10)2)17-9-13(8-15)16-12-4-5-12/h3,6-7,12-13,16H,4-5,9H2,1-2H3. The highest BCUT2D eigenvalue weighted by molar-refractivity contribution is 7.99. The Hall–Kier alpha value is -0.980. The third-order valence-electron chi connectivity index (χ3n) is 3.07. The van der Waals surface area contributed by atoms with E-state index in [0.717, 1.165) is 5.75 Å². The number of aryl methyl sites for hydroxylation is 2. The molecule has 1 fully saturated rings. The summed E-state index contributed by atoms with van der Waals surface area (Å²) >= 11 is 1.76. The van der Waals surface area contributed by atoms with Gasteiger partial charge in [-0.05, 0) is 49.9 Å². The van der Waals surface area contributed by atoms with Gasteiger partial charge in [-0.2, -0.15) is 5.26 Å². The summed E-state index contributed by atoms with van der Waals surface area (Å²) in [6, 6.07) is 9.40. The molecule has 0 saturated heterocycles. The van der Waals surface area contributed by atoms with E-state index in [1.807, 2.05) is 0 Å². The van der Waals surface area contributed by atoms with Gasteiger partial charge in [-0.1, -0.05) is 6.07 Å². The van der Waals surface area contributed by atoms with Gasteiger partial charge in [0.2, 0.25) is 0 Å². The lowest BCUT2D eigenvalue weighted by molar-refractivity contribution is 0.644. The van der Waals surface area contributed by atoms with Crippen LogP contribution in [0.5, 0.6) is 0 Å². The summed E-state index contributed by atoms with van der Waals surface area (Å²) in [7, 11) is 0. The van der Waals surface area contributed by atoms with E-state index in [1.54, 1.807) is 11.8 Å². The molecule has 1 saturated carbocycles. The van der Waals surface area contributed by atoms with Gasteiger partial charge in [0.1, 0.15) is 6.04 Å². The predicted molar refractivity (Wildman–Crippen MR) is 72.2 cm³/mol. The maximum absolute atomic E-state index is 9.05. The molecular weight excluding hydrogens is 228 g/mol. The molecule has 1 unspecified atom stereocenters. The molecule has 90 valence electrons. The van der Waals surface area contributed by atoms with E-state index in [0.29, 0.717) is 6.04 Å². The predicted octanol–water partition coefficient (Wildman–Crippen LogP) is 3.04. The molecule has 1 aromatic rings. The number of hydrogen-bond acceptors (Lipinski definition) is 3. The fourth-order valence-electron chi connectivity index (χ4n) is 1.64. The van der Waals surface area contributed by atoms with E-state index in [9.17, 15) is 0 Å². The van der Waals surface area contributed by atoms with Crippen LogP contribution in [0.4, 0.5) is 0 Å². The van der Waals surface area contributed by atoms with Crippen molar-refractivity contribution >= 4 is 11.8 Å². The van der Waals surface area contributed by atoms with Crippen molar-refractivity contribution in [1.82, 2.24) is 5.32 Å². The lowest BCUT2D eigenvalue weighted by atomic mass is 10.1. The quantitative estimate of drug-likeness (QED) is 0.811. The van der Waals surface area contributed by atoms with Crippen LogP contribution in [-0.4, -0.2) is 17.8 Å². The van der Waals surface area contributed by atoms with Gasteiger partial charge in [0, 0.05) is 16.7 Å². The van der Waals surface area contributed by atoms with Crippen LogP contribution in [-0.2, 0) is 0 Å². The first kappa shape index (κ1) is 12.5. The first-order chi connectivity index (χ1) is 8.19. The highest BCUT2D eigenvalue weighted by Crippen LogP contribution is 2.24. The summed E-state index contributed by atoms with van der Waals surface area (Å²) in [4.78, 5) is 1.26. The van der Waals surface area contributed by atoms with Crippen LogP contribution in [0.1, 0.15) is 24.0 Å². The zero-order valence-corrected chi connectivity index (χ0v) is 11.2. The van der Waals surface area contributed by atoms with Gasteiger partial charge in [0.15, 0.2) is 0 Å². The summed E-state index contributed by atoms with van der Waals surface area (Å²) in [5, 5.41) is 12.4. The van der Waals surface area contributed by atoms with Crippen molar-refractivity contribution in [3.63, 3.8) is 0 Å². The fourth-order valence-corrected chi connectivity index (χ4v) is 2.59. The van der Waals surface area contributed by atoms with E-state index in [-0.39, 0.29) is 6.04 Å². The third-order valence-corrected chi connectivity index (χ3v) is 4.15. The molecule has 2 rings (SSSR count). The average Bonchev–Trinajstić information content (AvgIpc) is 3.12. The van der Waals surface area contributed by atoms with Crippen LogP contribution in [0, 0.1) is 25.2 Å². The van der Waals surface area contributed by atoms with Crippen molar-refractivity contribution in [3.05, 3.63) is 29.3 Å². The highest BCUT2D eigenvalue weighted by atomic mass is 32.2. The molecule has 1 aliphatic rings. The van der Waals surface area contributed by atoms with Gasteiger partial charge >= 0.3 is 0 Å². The van der Waals surface area contributed by atoms with Crippen LogP contribution in [0.25, 0.3) is 0 Å². The molecule has 0 heterocycles. The van der Waals surface area contributed by atoms with E-state index in [1.165, 1.54) is 28.9 Å². The van der Waals surface area contributed by atoms with Crippen molar-refractivity contribution < 1.29 is 0 Å². The summed E-state index contributed by atoms with van der Waals surface area (Å²) in [6.45, 7) is 4.25. The van der Waals surface area contributed by atoms with Crippen molar-refractivity contribution in [1.29, 1.82) is 5.26 Å².